The molecule has 2 aromatic carbocycles. The minimum atomic E-state index is -3.66. The van der Waals surface area contributed by atoms with Crippen molar-refractivity contribution in [2.75, 3.05) is 14.1 Å². The Kier molecular flexibility index (Phi) is 5.55. The average Bonchev–Trinajstić information content (AvgIpc) is 2.51. The third kappa shape index (κ3) is 3.72. The first kappa shape index (κ1) is 18.7. The van der Waals surface area contributed by atoms with Gasteiger partial charge in [0.2, 0.25) is 10.0 Å². The normalized spacial score (nSPS) is 11.6. The number of hydrogen-bond donors (Lipinski definition) is 0. The average molecular weight is 388 g/mol. The minimum Gasteiger partial charge on any atom is -0.421 e. The maximum absolute atomic E-state index is 12.4. The molecule has 0 heterocycles. The van der Waals surface area contributed by atoms with Crippen LogP contribution in [0, 0.1) is 6.92 Å². The highest BCUT2D eigenvalue weighted by Gasteiger charge is 2.21. The molecule has 0 fully saturated rings. The summed E-state index contributed by atoms with van der Waals surface area (Å²) in [6.07, 6.45) is 0. The highest BCUT2D eigenvalue weighted by Crippen LogP contribution is 2.32. The monoisotopic (exact) mass is 387 g/mol. The maximum Gasteiger partial charge on any atom is 0.343 e. The molecule has 0 amide bonds. The van der Waals surface area contributed by atoms with Crippen LogP contribution in [0.25, 0.3) is 0 Å². The van der Waals surface area contributed by atoms with E-state index in [1.54, 1.807) is 25.1 Å². The van der Waals surface area contributed by atoms with Gasteiger partial charge in [0.05, 0.1) is 15.5 Å². The number of hydrogen-bond acceptors (Lipinski definition) is 4. The number of ether oxygens (including phenoxy) is 1. The van der Waals surface area contributed by atoms with Gasteiger partial charge in [-0.1, -0.05) is 35.3 Å². The van der Waals surface area contributed by atoms with Gasteiger partial charge >= 0.3 is 5.97 Å². The molecule has 0 aliphatic rings. The van der Waals surface area contributed by atoms with E-state index < -0.39 is 16.0 Å². The van der Waals surface area contributed by atoms with Crippen LogP contribution in [0.1, 0.15) is 15.9 Å². The van der Waals surface area contributed by atoms with E-state index in [0.717, 1.165) is 4.31 Å². The molecule has 0 saturated carbocycles. The van der Waals surface area contributed by atoms with Crippen LogP contribution >= 0.6 is 23.2 Å². The fourth-order valence-electron chi connectivity index (χ4n) is 1.91. The molecule has 0 spiro atoms. The molecular weight excluding hydrogens is 373 g/mol. The third-order valence-corrected chi connectivity index (χ3v) is 5.94. The molecule has 0 unspecified atom stereocenters. The van der Waals surface area contributed by atoms with Gasteiger partial charge in [0, 0.05) is 14.1 Å². The summed E-state index contributed by atoms with van der Waals surface area (Å²) in [5.74, 6) is -0.609. The van der Waals surface area contributed by atoms with Gasteiger partial charge in [-0.3, -0.25) is 0 Å². The molecule has 0 aliphatic heterocycles. The molecule has 128 valence electrons. The topological polar surface area (TPSA) is 63.7 Å². The second-order valence-electron chi connectivity index (χ2n) is 5.21. The summed E-state index contributed by atoms with van der Waals surface area (Å²) in [5.41, 5.74) is 0.713. The zero-order valence-corrected chi connectivity index (χ0v) is 15.5. The van der Waals surface area contributed by atoms with Crippen LogP contribution < -0.4 is 4.74 Å². The van der Waals surface area contributed by atoms with E-state index in [2.05, 4.69) is 0 Å². The summed E-state index contributed by atoms with van der Waals surface area (Å²) in [6.45, 7) is 1.68. The number of carbonyl (C=O) groups is 1. The molecule has 0 saturated heterocycles. The molecule has 2 rings (SSSR count). The number of aryl methyl sites for hydroxylation is 1. The van der Waals surface area contributed by atoms with Gasteiger partial charge in [-0.2, -0.15) is 0 Å². The number of carbonyl (C=O) groups excluding carboxylic acids is 1. The van der Waals surface area contributed by atoms with Gasteiger partial charge < -0.3 is 4.74 Å². The summed E-state index contributed by atoms with van der Waals surface area (Å²) in [6, 6.07) is 8.93. The minimum absolute atomic E-state index is 0.00208. The Hall–Kier alpha value is -1.60. The van der Waals surface area contributed by atoms with Crippen LogP contribution in [-0.4, -0.2) is 32.8 Å². The number of esters is 1. The van der Waals surface area contributed by atoms with Crippen molar-refractivity contribution in [3.8, 4) is 5.75 Å². The Morgan fingerprint density at radius 2 is 1.79 bits per heavy atom. The first-order valence-corrected chi connectivity index (χ1v) is 9.03. The van der Waals surface area contributed by atoms with Crippen molar-refractivity contribution in [3.63, 3.8) is 0 Å². The van der Waals surface area contributed by atoms with E-state index in [1.807, 2.05) is 0 Å². The predicted molar refractivity (Wildman–Crippen MR) is 93.5 cm³/mol. The maximum atomic E-state index is 12.4. The van der Waals surface area contributed by atoms with E-state index in [4.69, 9.17) is 27.9 Å². The highest BCUT2D eigenvalue weighted by molar-refractivity contribution is 7.89. The van der Waals surface area contributed by atoms with Crippen molar-refractivity contribution in [1.82, 2.24) is 4.31 Å². The van der Waals surface area contributed by atoms with Gasteiger partial charge in [0.1, 0.15) is 5.02 Å². The van der Waals surface area contributed by atoms with E-state index in [-0.39, 0.29) is 26.3 Å². The lowest BCUT2D eigenvalue weighted by Gasteiger charge is -2.14. The van der Waals surface area contributed by atoms with Crippen LogP contribution in [0.4, 0.5) is 0 Å². The second-order valence-corrected chi connectivity index (χ2v) is 8.14. The Morgan fingerprint density at radius 1 is 1.12 bits per heavy atom. The largest absolute Gasteiger partial charge is 0.421 e. The standard InChI is InChI=1S/C16H15Cl2NO4S/c1-10-7-8-11(24(21,22)19(2)3)9-12(10)16(20)23-14-6-4-5-13(17)15(14)18/h4-9H,1-3H3. The van der Waals surface area contributed by atoms with Crippen molar-refractivity contribution >= 4 is 39.2 Å². The number of sulfonamides is 1. The van der Waals surface area contributed by atoms with Gasteiger partial charge in [-0.25, -0.2) is 17.5 Å². The number of rotatable bonds is 4. The molecule has 0 aromatic heterocycles. The molecule has 5 nitrogen and oxygen atoms in total. The van der Waals surface area contributed by atoms with Crippen molar-refractivity contribution < 1.29 is 17.9 Å². The molecule has 0 radical (unpaired) electrons. The predicted octanol–water partition coefficient (Wildman–Crippen LogP) is 3.77. The molecular formula is C16H15Cl2NO4S. The summed E-state index contributed by atoms with van der Waals surface area (Å²) >= 11 is 11.9. The molecule has 8 heteroatoms. The lowest BCUT2D eigenvalue weighted by Crippen LogP contribution is -2.23. The zero-order valence-electron chi connectivity index (χ0n) is 13.2. The summed E-state index contributed by atoms with van der Waals surface area (Å²) in [7, 11) is -0.828. The van der Waals surface area contributed by atoms with Gasteiger partial charge in [0.15, 0.2) is 5.75 Å². The van der Waals surface area contributed by atoms with Gasteiger partial charge in [-0.05, 0) is 36.8 Å². The molecule has 0 atom stereocenters. The smallest absolute Gasteiger partial charge is 0.343 e. The van der Waals surface area contributed by atoms with Crippen molar-refractivity contribution in [2.45, 2.75) is 11.8 Å². The molecule has 0 aliphatic carbocycles. The summed E-state index contributed by atoms with van der Waals surface area (Å²) in [4.78, 5) is 12.4. The highest BCUT2D eigenvalue weighted by atomic mass is 35.5. The summed E-state index contributed by atoms with van der Waals surface area (Å²) in [5, 5.41) is 0.366. The lowest BCUT2D eigenvalue weighted by atomic mass is 10.1. The van der Waals surface area contributed by atoms with Crippen molar-refractivity contribution in [2.24, 2.45) is 0 Å². The van der Waals surface area contributed by atoms with Crippen LogP contribution in [0.5, 0.6) is 5.75 Å². The zero-order chi connectivity index (χ0) is 18.1. The third-order valence-electron chi connectivity index (χ3n) is 3.33. The number of halogens is 2. The van der Waals surface area contributed by atoms with Crippen LogP contribution in [0.3, 0.4) is 0 Å². The van der Waals surface area contributed by atoms with E-state index in [1.165, 1.54) is 32.3 Å². The van der Waals surface area contributed by atoms with Crippen molar-refractivity contribution in [3.05, 3.63) is 57.6 Å². The van der Waals surface area contributed by atoms with Crippen LogP contribution in [0.2, 0.25) is 10.0 Å². The Balaban J connectivity index is 2.41. The van der Waals surface area contributed by atoms with Crippen molar-refractivity contribution in [1.29, 1.82) is 0 Å². The lowest BCUT2D eigenvalue weighted by molar-refractivity contribution is 0.0734. The van der Waals surface area contributed by atoms with E-state index >= 15 is 0 Å². The Morgan fingerprint density at radius 3 is 2.42 bits per heavy atom. The molecule has 0 bridgehead atoms. The first-order chi connectivity index (χ1) is 11.1. The van der Waals surface area contributed by atoms with E-state index in [0.29, 0.717) is 5.56 Å². The fourth-order valence-corrected chi connectivity index (χ4v) is 3.17. The fraction of sp³-hybridized carbons (Fsp3) is 0.188. The Labute approximate surface area is 150 Å². The van der Waals surface area contributed by atoms with Crippen LogP contribution in [-0.2, 0) is 10.0 Å². The summed E-state index contributed by atoms with van der Waals surface area (Å²) < 4.78 is 30.7. The molecule has 0 N–H and O–H groups in total. The van der Waals surface area contributed by atoms with Gasteiger partial charge in [0.25, 0.3) is 0 Å². The van der Waals surface area contributed by atoms with Crippen LogP contribution in [0.15, 0.2) is 41.3 Å². The Bertz CT molecular complexity index is 895. The number of nitrogens with zero attached hydrogens (tertiary/aromatic N) is 1. The molecule has 2 aromatic rings. The number of benzene rings is 2. The second kappa shape index (κ2) is 7.11. The first-order valence-electron chi connectivity index (χ1n) is 6.84. The molecule has 24 heavy (non-hydrogen) atoms. The van der Waals surface area contributed by atoms with Gasteiger partial charge in [-0.15, -0.1) is 0 Å². The SMILES string of the molecule is Cc1ccc(S(=O)(=O)N(C)C)cc1C(=O)Oc1cccc(Cl)c1Cl. The quantitative estimate of drug-likeness (QED) is 0.591. The van der Waals surface area contributed by atoms with E-state index in [9.17, 15) is 13.2 Å².